The van der Waals surface area contributed by atoms with Gasteiger partial charge in [-0.2, -0.15) is 0 Å². The quantitative estimate of drug-likeness (QED) is 0.651. The van der Waals surface area contributed by atoms with Gasteiger partial charge in [-0.05, 0) is 75.5 Å². The summed E-state index contributed by atoms with van der Waals surface area (Å²) in [5, 5.41) is 9.29. The van der Waals surface area contributed by atoms with Crippen molar-refractivity contribution in [2.24, 2.45) is 5.92 Å². The number of rotatable bonds is 6. The van der Waals surface area contributed by atoms with E-state index < -0.39 is 17.5 Å². The number of aromatic nitrogens is 1. The molecule has 1 amide bonds. The van der Waals surface area contributed by atoms with E-state index in [9.17, 15) is 14.5 Å². The highest BCUT2D eigenvalue weighted by Gasteiger charge is 2.32. The molecule has 2 N–H and O–H groups in total. The molecule has 7 heteroatoms. The first kappa shape index (κ1) is 24.0. The predicted molar refractivity (Wildman–Crippen MR) is 118 cm³/mol. The molecule has 29 heavy (non-hydrogen) atoms. The molecular formula is C22H37N3O3S. The van der Waals surface area contributed by atoms with E-state index in [2.05, 4.69) is 36.5 Å². The summed E-state index contributed by atoms with van der Waals surface area (Å²) in [5.74, 6) is 0.332. The molecule has 0 saturated carbocycles. The Kier molecular flexibility index (Phi) is 7.99. The highest BCUT2D eigenvalue weighted by atomic mass is 32.2. The third-order valence-corrected chi connectivity index (χ3v) is 7.07. The van der Waals surface area contributed by atoms with E-state index in [4.69, 9.17) is 0 Å². The number of nitrogens with one attached hydrogen (secondary N) is 1. The highest BCUT2D eigenvalue weighted by molar-refractivity contribution is 7.90. The minimum absolute atomic E-state index is 0.0107. The number of pyridine rings is 1. The monoisotopic (exact) mass is 423 g/mol. The van der Waals surface area contributed by atoms with E-state index >= 15 is 0 Å². The summed E-state index contributed by atoms with van der Waals surface area (Å²) in [6.07, 6.45) is 4.59. The van der Waals surface area contributed by atoms with E-state index in [0.717, 1.165) is 31.4 Å². The highest BCUT2D eigenvalue weighted by Crippen LogP contribution is 2.30. The number of amides is 1. The molecule has 164 valence electrons. The molecule has 1 aromatic heterocycles. The number of hydrogen-bond donors (Lipinski definition) is 2. The van der Waals surface area contributed by atoms with Crippen molar-refractivity contribution in [3.8, 4) is 0 Å². The fourth-order valence-electron chi connectivity index (χ4n) is 3.56. The Morgan fingerprint density at radius 3 is 2.66 bits per heavy atom. The van der Waals surface area contributed by atoms with Crippen LogP contribution in [-0.2, 0) is 16.8 Å². The molecule has 1 aliphatic heterocycles. The van der Waals surface area contributed by atoms with E-state index in [1.807, 2.05) is 33.0 Å². The van der Waals surface area contributed by atoms with Crippen LogP contribution >= 0.6 is 0 Å². The average molecular weight is 424 g/mol. The molecule has 1 saturated heterocycles. The van der Waals surface area contributed by atoms with Crippen LogP contribution in [0.25, 0.3) is 0 Å². The van der Waals surface area contributed by atoms with Gasteiger partial charge in [-0.3, -0.25) is 4.98 Å². The minimum Gasteiger partial charge on any atom is -0.598 e. The van der Waals surface area contributed by atoms with Crippen molar-refractivity contribution in [2.45, 2.75) is 83.4 Å². The second kappa shape index (κ2) is 9.67. The largest absolute Gasteiger partial charge is 0.598 e. The van der Waals surface area contributed by atoms with Crippen molar-refractivity contribution >= 4 is 17.5 Å². The van der Waals surface area contributed by atoms with E-state index in [1.54, 1.807) is 0 Å². The van der Waals surface area contributed by atoms with Gasteiger partial charge >= 0.3 is 6.09 Å². The first-order valence-corrected chi connectivity index (χ1v) is 11.7. The van der Waals surface area contributed by atoms with Gasteiger partial charge in [-0.15, -0.1) is 4.72 Å². The van der Waals surface area contributed by atoms with Gasteiger partial charge in [-0.1, -0.05) is 20.8 Å². The Bertz CT molecular complexity index is 685. The normalized spacial score (nSPS) is 20.4. The van der Waals surface area contributed by atoms with Crippen molar-refractivity contribution in [3.05, 3.63) is 29.6 Å². The third-order valence-electron chi connectivity index (χ3n) is 5.46. The van der Waals surface area contributed by atoms with Crippen LogP contribution in [-0.4, -0.2) is 43.5 Å². The maximum atomic E-state index is 12.8. The second-order valence-corrected chi connectivity index (χ2v) is 12.1. The van der Waals surface area contributed by atoms with Crippen LogP contribution in [0.3, 0.4) is 0 Å². The van der Waals surface area contributed by atoms with Crippen molar-refractivity contribution < 1.29 is 14.5 Å². The van der Waals surface area contributed by atoms with Gasteiger partial charge in [0.05, 0.1) is 11.7 Å². The van der Waals surface area contributed by atoms with Crippen LogP contribution in [0.5, 0.6) is 0 Å². The maximum Gasteiger partial charge on any atom is 0.407 e. The van der Waals surface area contributed by atoms with Gasteiger partial charge in [0.1, 0.15) is 4.75 Å². The lowest BCUT2D eigenvalue weighted by atomic mass is 9.86. The molecular weight excluding hydrogens is 386 g/mol. The number of carbonyl (C=O) groups is 1. The number of piperidine rings is 1. The predicted octanol–water partition coefficient (Wildman–Crippen LogP) is 4.64. The van der Waals surface area contributed by atoms with Gasteiger partial charge in [-0.25, -0.2) is 4.79 Å². The van der Waals surface area contributed by atoms with Gasteiger partial charge in [0.2, 0.25) is 0 Å². The van der Waals surface area contributed by atoms with Crippen LogP contribution < -0.4 is 4.72 Å². The van der Waals surface area contributed by atoms with Crippen LogP contribution in [0.4, 0.5) is 4.79 Å². The molecule has 2 unspecified atom stereocenters. The van der Waals surface area contributed by atoms with Crippen LogP contribution in [0.1, 0.15) is 84.5 Å². The fraction of sp³-hybridized carbons (Fsp3) is 0.727. The standard InChI is InChI=1S/C22H37N3O3S/c1-21(2,3)17-11-12-23-19(14-17)18(24-29(28)22(4,5)6)10-9-16-8-7-13-25(15-16)20(26)27/h11-12,14,16,18,24H,7-10,13,15H2,1-6H3,(H,26,27)/t16-,18?,29?/m1/s1. The molecule has 2 heterocycles. The number of likely N-dealkylation sites (tertiary alicyclic amines) is 1. The van der Waals surface area contributed by atoms with E-state index in [0.29, 0.717) is 19.0 Å². The molecule has 0 aromatic carbocycles. The smallest absolute Gasteiger partial charge is 0.407 e. The summed E-state index contributed by atoms with van der Waals surface area (Å²) in [7, 11) is 0. The summed E-state index contributed by atoms with van der Waals surface area (Å²) >= 11 is -1.21. The third kappa shape index (κ3) is 7.15. The lowest BCUT2D eigenvalue weighted by Crippen LogP contribution is -2.42. The van der Waals surface area contributed by atoms with Crippen molar-refractivity contribution in [3.63, 3.8) is 0 Å². The number of carboxylic acid groups (broad SMARTS) is 1. The van der Waals surface area contributed by atoms with Crippen molar-refractivity contribution in [1.82, 2.24) is 14.6 Å². The zero-order chi connectivity index (χ0) is 21.8. The summed E-state index contributed by atoms with van der Waals surface area (Å²) in [4.78, 5) is 17.4. The summed E-state index contributed by atoms with van der Waals surface area (Å²) in [5.41, 5.74) is 2.11. The summed E-state index contributed by atoms with van der Waals surface area (Å²) in [6.45, 7) is 13.6. The molecule has 1 fully saturated rings. The number of nitrogens with zero attached hydrogens (tertiary/aromatic N) is 2. The van der Waals surface area contributed by atoms with E-state index in [-0.39, 0.29) is 16.2 Å². The fourth-order valence-corrected chi connectivity index (χ4v) is 4.41. The van der Waals surface area contributed by atoms with Gasteiger partial charge in [0.25, 0.3) is 0 Å². The van der Waals surface area contributed by atoms with Crippen LogP contribution in [0, 0.1) is 5.92 Å². The molecule has 1 aromatic rings. The summed E-state index contributed by atoms with van der Waals surface area (Å²) in [6, 6.07) is 4.02. The molecule has 0 bridgehead atoms. The Hall–Kier alpha value is -1.31. The lowest BCUT2D eigenvalue weighted by Gasteiger charge is -2.32. The molecule has 1 aliphatic rings. The molecule has 3 atom stereocenters. The molecule has 2 rings (SSSR count). The second-order valence-electron chi connectivity index (χ2n) is 10.1. The topological polar surface area (TPSA) is 88.5 Å². The van der Waals surface area contributed by atoms with Gasteiger partial charge < -0.3 is 14.6 Å². The summed E-state index contributed by atoms with van der Waals surface area (Å²) < 4.78 is 15.7. The van der Waals surface area contributed by atoms with Crippen molar-refractivity contribution in [2.75, 3.05) is 13.1 Å². The Labute approximate surface area is 178 Å². The zero-order valence-corrected chi connectivity index (χ0v) is 19.5. The van der Waals surface area contributed by atoms with Gasteiger partial charge in [0.15, 0.2) is 0 Å². The van der Waals surface area contributed by atoms with Crippen LogP contribution in [0.15, 0.2) is 18.3 Å². The number of hydrogen-bond acceptors (Lipinski definition) is 4. The minimum atomic E-state index is -1.21. The first-order chi connectivity index (χ1) is 13.4. The SMILES string of the molecule is CC(C)(C)c1ccnc(C(CC[C@H]2CCCN(C(=O)O)C2)N[S+]([O-])C(C)(C)C)c1. The molecule has 6 nitrogen and oxygen atoms in total. The van der Waals surface area contributed by atoms with E-state index in [1.165, 1.54) is 10.5 Å². The molecule has 0 spiro atoms. The van der Waals surface area contributed by atoms with Crippen molar-refractivity contribution in [1.29, 1.82) is 0 Å². The first-order valence-electron chi connectivity index (χ1n) is 10.5. The maximum absolute atomic E-state index is 12.8. The molecule has 0 aliphatic carbocycles. The van der Waals surface area contributed by atoms with Crippen LogP contribution in [0.2, 0.25) is 0 Å². The Morgan fingerprint density at radius 2 is 2.07 bits per heavy atom. The average Bonchev–Trinajstić information content (AvgIpc) is 2.63. The van der Waals surface area contributed by atoms with Gasteiger partial charge in [0, 0.05) is 30.6 Å². The Balaban J connectivity index is 2.16. The zero-order valence-electron chi connectivity index (χ0n) is 18.7. The lowest BCUT2D eigenvalue weighted by molar-refractivity contribution is 0.117. The molecule has 0 radical (unpaired) electrons. The Morgan fingerprint density at radius 1 is 1.38 bits per heavy atom.